The van der Waals surface area contributed by atoms with Crippen LogP contribution in [0.4, 0.5) is 0 Å². The molecule has 20 heavy (non-hydrogen) atoms. The third kappa shape index (κ3) is 2.03. The number of rotatable bonds is 4. The molecule has 1 heterocycles. The number of Topliss-reactive ketones (excluding diaryl/α,β-unsaturated/α-hetero) is 1. The lowest BCUT2D eigenvalue weighted by Gasteiger charge is -2.04. The van der Waals surface area contributed by atoms with E-state index in [1.165, 1.54) is 21.8 Å². The summed E-state index contributed by atoms with van der Waals surface area (Å²) in [5, 5.41) is 2.44. The first-order valence-electron chi connectivity index (χ1n) is 6.81. The fourth-order valence-electron chi connectivity index (χ4n) is 2.82. The maximum absolute atomic E-state index is 11.3. The minimum Gasteiger partial charge on any atom is -0.337 e. The van der Waals surface area contributed by atoms with Crippen molar-refractivity contribution in [3.05, 3.63) is 60.7 Å². The lowest BCUT2D eigenvalue weighted by Crippen LogP contribution is -1.97. The SMILES string of the molecule is C=CCn1c2ccccc2c2cc(CC(C)=O)ccc21. The maximum atomic E-state index is 11.3. The first-order valence-corrected chi connectivity index (χ1v) is 6.81. The van der Waals surface area contributed by atoms with E-state index in [1.54, 1.807) is 6.92 Å². The van der Waals surface area contributed by atoms with E-state index in [4.69, 9.17) is 0 Å². The zero-order valence-electron chi connectivity index (χ0n) is 11.6. The zero-order valence-corrected chi connectivity index (χ0v) is 11.6. The van der Waals surface area contributed by atoms with E-state index in [9.17, 15) is 4.79 Å². The Balaban J connectivity index is 2.31. The summed E-state index contributed by atoms with van der Waals surface area (Å²) in [6, 6.07) is 14.7. The van der Waals surface area contributed by atoms with E-state index >= 15 is 0 Å². The van der Waals surface area contributed by atoms with Crippen LogP contribution in [0.2, 0.25) is 0 Å². The second-order valence-corrected chi connectivity index (χ2v) is 5.15. The highest BCUT2D eigenvalue weighted by molar-refractivity contribution is 6.08. The van der Waals surface area contributed by atoms with Gasteiger partial charge in [-0.15, -0.1) is 6.58 Å². The Hall–Kier alpha value is -2.35. The van der Waals surface area contributed by atoms with E-state index in [-0.39, 0.29) is 5.78 Å². The molecule has 0 aliphatic heterocycles. The maximum Gasteiger partial charge on any atom is 0.134 e. The lowest BCUT2D eigenvalue weighted by molar-refractivity contribution is -0.116. The van der Waals surface area contributed by atoms with Crippen molar-refractivity contribution in [3.8, 4) is 0 Å². The minimum absolute atomic E-state index is 0.194. The number of ketones is 1. The van der Waals surface area contributed by atoms with Gasteiger partial charge in [-0.1, -0.05) is 30.3 Å². The molecule has 100 valence electrons. The lowest BCUT2D eigenvalue weighted by atomic mass is 10.1. The summed E-state index contributed by atoms with van der Waals surface area (Å²) in [6.45, 7) is 6.26. The van der Waals surface area contributed by atoms with Crippen LogP contribution in [0.1, 0.15) is 12.5 Å². The summed E-state index contributed by atoms with van der Waals surface area (Å²) in [7, 11) is 0. The van der Waals surface area contributed by atoms with Crippen molar-refractivity contribution in [2.75, 3.05) is 0 Å². The van der Waals surface area contributed by atoms with Gasteiger partial charge in [0.15, 0.2) is 0 Å². The summed E-state index contributed by atoms with van der Waals surface area (Å²) in [6.07, 6.45) is 2.41. The van der Waals surface area contributed by atoms with Crippen LogP contribution in [0.3, 0.4) is 0 Å². The normalized spacial score (nSPS) is 11.1. The number of hydrogen-bond acceptors (Lipinski definition) is 1. The number of nitrogens with zero attached hydrogens (tertiary/aromatic N) is 1. The number of allylic oxidation sites excluding steroid dienone is 1. The van der Waals surface area contributed by atoms with Gasteiger partial charge in [0.25, 0.3) is 0 Å². The largest absolute Gasteiger partial charge is 0.337 e. The van der Waals surface area contributed by atoms with E-state index in [0.29, 0.717) is 6.42 Å². The van der Waals surface area contributed by atoms with Gasteiger partial charge >= 0.3 is 0 Å². The first-order chi connectivity index (χ1) is 9.70. The molecule has 0 saturated heterocycles. The Labute approximate surface area is 118 Å². The third-order valence-electron chi connectivity index (χ3n) is 3.60. The van der Waals surface area contributed by atoms with Crippen LogP contribution < -0.4 is 0 Å². The second-order valence-electron chi connectivity index (χ2n) is 5.15. The number of fused-ring (bicyclic) bond motifs is 3. The summed E-state index contributed by atoms with van der Waals surface area (Å²) in [4.78, 5) is 11.3. The van der Waals surface area contributed by atoms with Gasteiger partial charge < -0.3 is 4.57 Å². The minimum atomic E-state index is 0.194. The van der Waals surface area contributed by atoms with Gasteiger partial charge in [0.2, 0.25) is 0 Å². The number of carbonyl (C=O) groups excluding carboxylic acids is 1. The second kappa shape index (κ2) is 4.97. The highest BCUT2D eigenvalue weighted by Crippen LogP contribution is 2.29. The Kier molecular flexibility index (Phi) is 3.15. The molecular formula is C18H17NO. The van der Waals surface area contributed by atoms with E-state index < -0.39 is 0 Å². The van der Waals surface area contributed by atoms with E-state index in [0.717, 1.165) is 12.1 Å². The highest BCUT2D eigenvalue weighted by Gasteiger charge is 2.10. The topological polar surface area (TPSA) is 22.0 Å². The number of hydrogen-bond donors (Lipinski definition) is 0. The van der Waals surface area contributed by atoms with Crippen LogP contribution in [-0.4, -0.2) is 10.4 Å². The molecule has 3 rings (SSSR count). The Bertz CT molecular complexity index is 811. The van der Waals surface area contributed by atoms with Crippen molar-refractivity contribution >= 4 is 27.6 Å². The van der Waals surface area contributed by atoms with Crippen LogP contribution in [0.25, 0.3) is 21.8 Å². The molecular weight excluding hydrogens is 246 g/mol. The predicted octanol–water partition coefficient (Wildman–Crippen LogP) is 4.11. The van der Waals surface area contributed by atoms with Gasteiger partial charge in [-0.2, -0.15) is 0 Å². The van der Waals surface area contributed by atoms with Crippen LogP contribution >= 0.6 is 0 Å². The van der Waals surface area contributed by atoms with Crippen LogP contribution in [0, 0.1) is 0 Å². The molecule has 0 saturated carbocycles. The van der Waals surface area contributed by atoms with Crippen molar-refractivity contribution < 1.29 is 4.79 Å². The fraction of sp³-hybridized carbons (Fsp3) is 0.167. The quantitative estimate of drug-likeness (QED) is 0.649. The summed E-state index contributed by atoms with van der Waals surface area (Å²) < 4.78 is 2.26. The standard InChI is InChI=1S/C18H17NO/c1-3-10-19-17-7-5-4-6-15(17)16-12-14(11-13(2)20)8-9-18(16)19/h3-9,12H,1,10-11H2,2H3. The Morgan fingerprint density at radius 1 is 1.15 bits per heavy atom. The molecule has 0 unspecified atom stereocenters. The average molecular weight is 263 g/mol. The van der Waals surface area contributed by atoms with Gasteiger partial charge in [0, 0.05) is 34.8 Å². The molecule has 0 spiro atoms. The summed E-state index contributed by atoms with van der Waals surface area (Å²) in [5.74, 6) is 0.194. The molecule has 0 radical (unpaired) electrons. The van der Waals surface area contributed by atoms with Crippen LogP contribution in [-0.2, 0) is 17.8 Å². The zero-order chi connectivity index (χ0) is 14.1. The van der Waals surface area contributed by atoms with Crippen molar-refractivity contribution in [2.24, 2.45) is 0 Å². The van der Waals surface area contributed by atoms with Gasteiger partial charge in [0.1, 0.15) is 5.78 Å². The molecule has 0 fully saturated rings. The predicted molar refractivity (Wildman–Crippen MR) is 84.0 cm³/mol. The van der Waals surface area contributed by atoms with Crippen molar-refractivity contribution in [2.45, 2.75) is 19.9 Å². The molecule has 1 aromatic heterocycles. The molecule has 0 atom stereocenters. The molecule has 0 aliphatic rings. The smallest absolute Gasteiger partial charge is 0.134 e. The number of carbonyl (C=O) groups is 1. The third-order valence-corrected chi connectivity index (χ3v) is 3.60. The molecule has 2 aromatic carbocycles. The molecule has 0 aliphatic carbocycles. The van der Waals surface area contributed by atoms with E-state index in [2.05, 4.69) is 47.5 Å². The Morgan fingerprint density at radius 2 is 1.90 bits per heavy atom. The first kappa shape index (κ1) is 12.7. The molecule has 3 aromatic rings. The van der Waals surface area contributed by atoms with E-state index in [1.807, 2.05) is 12.1 Å². The van der Waals surface area contributed by atoms with Crippen LogP contribution in [0.5, 0.6) is 0 Å². The fourth-order valence-corrected chi connectivity index (χ4v) is 2.82. The summed E-state index contributed by atoms with van der Waals surface area (Å²) in [5.41, 5.74) is 3.48. The van der Waals surface area contributed by atoms with Gasteiger partial charge in [-0.25, -0.2) is 0 Å². The average Bonchev–Trinajstić information content (AvgIpc) is 2.73. The number of aromatic nitrogens is 1. The summed E-state index contributed by atoms with van der Waals surface area (Å²) >= 11 is 0. The van der Waals surface area contributed by atoms with Crippen molar-refractivity contribution in [3.63, 3.8) is 0 Å². The molecule has 0 amide bonds. The van der Waals surface area contributed by atoms with Gasteiger partial charge in [-0.3, -0.25) is 4.79 Å². The molecule has 0 N–H and O–H groups in total. The van der Waals surface area contributed by atoms with Crippen molar-refractivity contribution in [1.82, 2.24) is 4.57 Å². The highest BCUT2D eigenvalue weighted by atomic mass is 16.1. The molecule has 0 bridgehead atoms. The van der Waals surface area contributed by atoms with Gasteiger partial charge in [0.05, 0.1) is 0 Å². The number of benzene rings is 2. The number of para-hydroxylation sites is 1. The molecule has 2 nitrogen and oxygen atoms in total. The Morgan fingerprint density at radius 3 is 2.65 bits per heavy atom. The van der Waals surface area contributed by atoms with Crippen molar-refractivity contribution in [1.29, 1.82) is 0 Å². The van der Waals surface area contributed by atoms with Gasteiger partial charge in [-0.05, 0) is 30.7 Å². The molecule has 2 heteroatoms. The van der Waals surface area contributed by atoms with Crippen LogP contribution in [0.15, 0.2) is 55.1 Å². The monoisotopic (exact) mass is 263 g/mol.